The van der Waals surface area contributed by atoms with E-state index in [2.05, 4.69) is 0 Å². The van der Waals surface area contributed by atoms with Gasteiger partial charge in [0.1, 0.15) is 4.91 Å². The zero-order valence-corrected chi connectivity index (χ0v) is 8.24. The average Bonchev–Trinajstić information content (AvgIpc) is 2.15. The highest BCUT2D eigenvalue weighted by atomic mass is 32.2. The number of rotatable bonds is 1. The Morgan fingerprint density at radius 2 is 2.07 bits per heavy atom. The van der Waals surface area contributed by atoms with E-state index in [1.54, 1.807) is 24.3 Å². The fraction of sp³-hybridized carbons (Fsp3) is 0.111. The first-order chi connectivity index (χ1) is 6.59. The van der Waals surface area contributed by atoms with E-state index in [0.717, 1.165) is 0 Å². The normalized spacial score (nSPS) is 20.2. The minimum Gasteiger partial charge on any atom is -0.343 e. The van der Waals surface area contributed by atoms with Crippen molar-refractivity contribution in [2.24, 2.45) is 5.14 Å². The number of allylic oxidation sites excluding steroid dienone is 4. The Kier molecular flexibility index (Phi) is 2.05. The van der Waals surface area contributed by atoms with E-state index in [9.17, 15) is 8.42 Å². The van der Waals surface area contributed by atoms with Crippen LogP contribution in [0.1, 0.15) is 0 Å². The van der Waals surface area contributed by atoms with Crippen LogP contribution in [0, 0.1) is 0 Å². The van der Waals surface area contributed by atoms with Crippen LogP contribution in [0.15, 0.2) is 47.2 Å². The molecule has 2 rings (SSSR count). The maximum Gasteiger partial charge on any atom is 0.240 e. The third-order valence-corrected chi connectivity index (χ3v) is 3.03. The van der Waals surface area contributed by atoms with E-state index in [1.807, 2.05) is 17.2 Å². The topological polar surface area (TPSA) is 63.4 Å². The minimum atomic E-state index is -3.63. The van der Waals surface area contributed by atoms with Crippen molar-refractivity contribution in [2.75, 3.05) is 6.54 Å². The van der Waals surface area contributed by atoms with Crippen molar-refractivity contribution >= 4 is 10.0 Å². The monoisotopic (exact) mass is 210 g/mol. The van der Waals surface area contributed by atoms with Gasteiger partial charge in [0.15, 0.2) is 0 Å². The molecule has 0 saturated heterocycles. The molecule has 0 aromatic carbocycles. The van der Waals surface area contributed by atoms with Gasteiger partial charge in [-0.2, -0.15) is 0 Å². The molecule has 0 saturated carbocycles. The molecule has 0 fully saturated rings. The Hall–Kier alpha value is -1.33. The van der Waals surface area contributed by atoms with Crippen molar-refractivity contribution < 1.29 is 8.42 Å². The van der Waals surface area contributed by atoms with Crippen LogP contribution in [-0.2, 0) is 10.0 Å². The molecule has 2 N–H and O–H groups in total. The number of hydrogen-bond donors (Lipinski definition) is 1. The van der Waals surface area contributed by atoms with Gasteiger partial charge in [0, 0.05) is 12.7 Å². The summed E-state index contributed by atoms with van der Waals surface area (Å²) in [7, 11) is -3.63. The molecule has 5 heteroatoms. The summed E-state index contributed by atoms with van der Waals surface area (Å²) in [6.45, 7) is 0.676. The van der Waals surface area contributed by atoms with Crippen LogP contribution in [0.3, 0.4) is 0 Å². The minimum absolute atomic E-state index is 0.171. The van der Waals surface area contributed by atoms with Crippen molar-refractivity contribution in [1.82, 2.24) is 4.90 Å². The second kappa shape index (κ2) is 3.11. The highest BCUT2D eigenvalue weighted by Crippen LogP contribution is 2.23. The van der Waals surface area contributed by atoms with E-state index >= 15 is 0 Å². The van der Waals surface area contributed by atoms with Gasteiger partial charge in [-0.1, -0.05) is 12.2 Å². The van der Waals surface area contributed by atoms with Crippen LogP contribution < -0.4 is 5.14 Å². The van der Waals surface area contributed by atoms with Crippen molar-refractivity contribution in [3.05, 3.63) is 47.2 Å². The van der Waals surface area contributed by atoms with Gasteiger partial charge in [-0.3, -0.25) is 0 Å². The maximum absolute atomic E-state index is 11.2. The molecule has 0 aromatic rings. The van der Waals surface area contributed by atoms with Crippen LogP contribution in [-0.4, -0.2) is 19.9 Å². The number of nitrogens with two attached hydrogens (primary N) is 1. The molecule has 14 heavy (non-hydrogen) atoms. The standard InChI is InChI=1S/C9H10N2O2S/c10-14(12,13)9-5-3-7-11-6-2-1-4-8(9)11/h1-6H,7H2,(H2,10,12,13). The molecule has 0 aliphatic carbocycles. The predicted octanol–water partition coefficient (Wildman–Crippen LogP) is 0.442. The van der Waals surface area contributed by atoms with Gasteiger partial charge in [-0.25, -0.2) is 13.6 Å². The van der Waals surface area contributed by atoms with Crippen molar-refractivity contribution in [1.29, 1.82) is 0 Å². The van der Waals surface area contributed by atoms with Gasteiger partial charge >= 0.3 is 0 Å². The first kappa shape index (κ1) is 9.23. The summed E-state index contributed by atoms with van der Waals surface area (Å²) < 4.78 is 22.5. The van der Waals surface area contributed by atoms with E-state index in [1.165, 1.54) is 0 Å². The molecule has 74 valence electrons. The molecular formula is C9H10N2O2S. The third-order valence-electron chi connectivity index (χ3n) is 2.07. The quantitative estimate of drug-likeness (QED) is 0.683. The van der Waals surface area contributed by atoms with Crippen LogP contribution in [0.5, 0.6) is 0 Å². The summed E-state index contributed by atoms with van der Waals surface area (Å²) in [6, 6.07) is 0. The van der Waals surface area contributed by atoms with Crippen molar-refractivity contribution in [2.45, 2.75) is 0 Å². The highest BCUT2D eigenvalue weighted by Gasteiger charge is 2.21. The van der Waals surface area contributed by atoms with Crippen molar-refractivity contribution in [3.8, 4) is 0 Å². The molecule has 0 radical (unpaired) electrons. The average molecular weight is 210 g/mol. The molecule has 0 atom stereocenters. The van der Waals surface area contributed by atoms with Gasteiger partial charge < -0.3 is 4.90 Å². The van der Waals surface area contributed by atoms with Crippen molar-refractivity contribution in [3.63, 3.8) is 0 Å². The van der Waals surface area contributed by atoms with Crippen LogP contribution in [0.4, 0.5) is 0 Å². The molecule has 2 aliphatic rings. The fourth-order valence-electron chi connectivity index (χ4n) is 1.46. The number of fused-ring (bicyclic) bond motifs is 1. The summed E-state index contributed by atoms with van der Waals surface area (Å²) >= 11 is 0. The first-order valence-electron chi connectivity index (χ1n) is 4.14. The summed E-state index contributed by atoms with van der Waals surface area (Å²) in [5.41, 5.74) is 0.637. The summed E-state index contributed by atoms with van der Waals surface area (Å²) in [5.74, 6) is 0. The Morgan fingerprint density at radius 3 is 2.79 bits per heavy atom. The Bertz CT molecular complexity index is 469. The Morgan fingerprint density at radius 1 is 1.29 bits per heavy atom. The van der Waals surface area contributed by atoms with Crippen LogP contribution in [0.25, 0.3) is 0 Å². The maximum atomic E-state index is 11.2. The Labute approximate surface area is 82.7 Å². The van der Waals surface area contributed by atoms with E-state index < -0.39 is 10.0 Å². The molecule has 2 aliphatic heterocycles. The smallest absolute Gasteiger partial charge is 0.240 e. The molecule has 0 unspecified atom stereocenters. The molecule has 0 spiro atoms. The van der Waals surface area contributed by atoms with Gasteiger partial charge in [-0.05, 0) is 18.2 Å². The SMILES string of the molecule is NS(=O)(=O)C1=C2C=CC=CN2CC=C1. The molecule has 0 bridgehead atoms. The number of primary sulfonamides is 1. The lowest BCUT2D eigenvalue weighted by atomic mass is 10.2. The van der Waals surface area contributed by atoms with E-state index in [4.69, 9.17) is 5.14 Å². The fourth-order valence-corrected chi connectivity index (χ4v) is 2.22. The Balaban J connectivity index is 2.58. The number of hydrogen-bond acceptors (Lipinski definition) is 3. The zero-order chi connectivity index (χ0) is 10.2. The van der Waals surface area contributed by atoms with Gasteiger partial charge in [-0.15, -0.1) is 0 Å². The largest absolute Gasteiger partial charge is 0.343 e. The number of sulfonamides is 1. The molecule has 4 nitrogen and oxygen atoms in total. The zero-order valence-electron chi connectivity index (χ0n) is 7.42. The van der Waals surface area contributed by atoms with E-state index in [-0.39, 0.29) is 4.91 Å². The highest BCUT2D eigenvalue weighted by molar-refractivity contribution is 7.93. The lowest BCUT2D eigenvalue weighted by molar-refractivity contribution is 0.519. The lowest BCUT2D eigenvalue weighted by Gasteiger charge is -2.26. The molecule has 0 amide bonds. The summed E-state index contributed by atoms with van der Waals surface area (Å²) in [6.07, 6.45) is 10.5. The summed E-state index contributed by atoms with van der Waals surface area (Å²) in [4.78, 5) is 2.00. The lowest BCUT2D eigenvalue weighted by Crippen LogP contribution is -2.26. The second-order valence-electron chi connectivity index (χ2n) is 3.05. The van der Waals surface area contributed by atoms with E-state index in [0.29, 0.717) is 12.2 Å². The van der Waals surface area contributed by atoms with Gasteiger partial charge in [0.2, 0.25) is 10.0 Å². The number of nitrogens with zero attached hydrogens (tertiary/aromatic N) is 1. The van der Waals surface area contributed by atoms with Crippen LogP contribution in [0.2, 0.25) is 0 Å². The summed E-state index contributed by atoms with van der Waals surface area (Å²) in [5, 5.41) is 5.10. The van der Waals surface area contributed by atoms with Gasteiger partial charge in [0.25, 0.3) is 0 Å². The van der Waals surface area contributed by atoms with Gasteiger partial charge in [0.05, 0.1) is 5.70 Å². The predicted molar refractivity (Wildman–Crippen MR) is 54.3 cm³/mol. The molecule has 0 aromatic heterocycles. The molecule has 2 heterocycles. The molecular weight excluding hydrogens is 200 g/mol. The van der Waals surface area contributed by atoms with Crippen LogP contribution >= 0.6 is 0 Å². The first-order valence-corrected chi connectivity index (χ1v) is 5.69. The third kappa shape index (κ3) is 1.51. The second-order valence-corrected chi connectivity index (χ2v) is 4.58.